The maximum absolute atomic E-state index is 10.5. The molecule has 0 unspecified atom stereocenters. The first-order valence-electron chi connectivity index (χ1n) is 4.84. The van der Waals surface area contributed by atoms with E-state index in [0.29, 0.717) is 6.42 Å². The van der Waals surface area contributed by atoms with E-state index in [4.69, 9.17) is 5.11 Å². The molecule has 0 aliphatic heterocycles. The molecule has 1 N–H and O–H groups in total. The van der Waals surface area contributed by atoms with Gasteiger partial charge in [0.25, 0.3) is 0 Å². The van der Waals surface area contributed by atoms with Crippen LogP contribution in [0.4, 0.5) is 0 Å². The van der Waals surface area contributed by atoms with Gasteiger partial charge >= 0.3 is 5.97 Å². The number of rotatable bonds is 8. The van der Waals surface area contributed by atoms with E-state index >= 15 is 0 Å². The lowest BCUT2D eigenvalue weighted by Crippen LogP contribution is -1.94. The van der Waals surface area contributed by atoms with Gasteiger partial charge in [0.2, 0.25) is 0 Å². The Balaban J connectivity index is 3.00. The number of hydrogen-bond acceptors (Lipinski definition) is 2. The van der Waals surface area contributed by atoms with Crippen LogP contribution in [0.5, 0.6) is 0 Å². The molecule has 0 amide bonds. The van der Waals surface area contributed by atoms with Crippen molar-refractivity contribution < 1.29 is 14.7 Å². The molecule has 0 aliphatic rings. The maximum Gasteiger partial charge on any atom is 0.303 e. The van der Waals surface area contributed by atoms with E-state index in [0.717, 1.165) is 32.1 Å². The Bertz CT molecular complexity index is 146. The van der Waals surface area contributed by atoms with E-state index in [1.807, 2.05) is 0 Å². The van der Waals surface area contributed by atoms with Gasteiger partial charge in [0, 0.05) is 12.8 Å². The Morgan fingerprint density at radius 2 is 1.38 bits per heavy atom. The SMILES string of the molecule is CC(=O)CCCCCCCC(=O)O. The second kappa shape index (κ2) is 7.77. The van der Waals surface area contributed by atoms with E-state index in [9.17, 15) is 9.59 Å². The lowest BCUT2D eigenvalue weighted by Gasteiger charge is -1.98. The van der Waals surface area contributed by atoms with Gasteiger partial charge in [-0.1, -0.05) is 19.3 Å². The number of carboxylic acids is 1. The standard InChI is InChI=1S/C10H18O3/c1-9(11)7-5-3-2-4-6-8-10(12)13/h2-8H2,1H3,(H,12,13). The number of unbranched alkanes of at least 4 members (excludes halogenated alkanes) is 4. The van der Waals surface area contributed by atoms with E-state index in [1.165, 1.54) is 0 Å². The summed E-state index contributed by atoms with van der Waals surface area (Å²) in [6.07, 6.45) is 5.69. The molecule has 0 radical (unpaired) electrons. The number of carbonyl (C=O) groups is 2. The van der Waals surface area contributed by atoms with Crippen molar-refractivity contribution >= 4 is 11.8 Å². The molecule has 0 atom stereocenters. The van der Waals surface area contributed by atoms with Gasteiger partial charge in [0.15, 0.2) is 0 Å². The summed E-state index contributed by atoms with van der Waals surface area (Å²) in [5.41, 5.74) is 0. The van der Waals surface area contributed by atoms with Crippen molar-refractivity contribution in [2.45, 2.75) is 51.9 Å². The van der Waals surface area contributed by atoms with E-state index in [-0.39, 0.29) is 12.2 Å². The normalized spacial score (nSPS) is 9.92. The van der Waals surface area contributed by atoms with E-state index < -0.39 is 5.97 Å². The Labute approximate surface area is 79.1 Å². The molecule has 0 rings (SSSR count). The lowest BCUT2D eigenvalue weighted by molar-refractivity contribution is -0.137. The van der Waals surface area contributed by atoms with Crippen LogP contribution in [0, 0.1) is 0 Å². The van der Waals surface area contributed by atoms with Crippen molar-refractivity contribution in [2.24, 2.45) is 0 Å². The molecule has 13 heavy (non-hydrogen) atoms. The van der Waals surface area contributed by atoms with Gasteiger partial charge in [-0.3, -0.25) is 4.79 Å². The molecule has 0 aromatic carbocycles. The van der Waals surface area contributed by atoms with Gasteiger partial charge < -0.3 is 9.90 Å². The molecule has 0 aromatic heterocycles. The summed E-state index contributed by atoms with van der Waals surface area (Å²) in [4.78, 5) is 20.7. The predicted molar refractivity (Wildman–Crippen MR) is 50.6 cm³/mol. The van der Waals surface area contributed by atoms with Crippen molar-refractivity contribution in [3.8, 4) is 0 Å². The minimum Gasteiger partial charge on any atom is -0.481 e. The number of hydrogen-bond donors (Lipinski definition) is 1. The summed E-state index contributed by atoms with van der Waals surface area (Å²) >= 11 is 0. The van der Waals surface area contributed by atoms with Crippen LogP contribution in [-0.4, -0.2) is 16.9 Å². The fourth-order valence-corrected chi connectivity index (χ4v) is 1.18. The van der Waals surface area contributed by atoms with Crippen molar-refractivity contribution in [3.05, 3.63) is 0 Å². The second-order valence-electron chi connectivity index (χ2n) is 3.36. The van der Waals surface area contributed by atoms with Crippen molar-refractivity contribution in [1.29, 1.82) is 0 Å². The molecule has 0 bridgehead atoms. The van der Waals surface area contributed by atoms with Crippen LogP contribution in [0.15, 0.2) is 0 Å². The molecule has 3 nitrogen and oxygen atoms in total. The van der Waals surface area contributed by atoms with Crippen LogP contribution in [0.1, 0.15) is 51.9 Å². The smallest absolute Gasteiger partial charge is 0.303 e. The van der Waals surface area contributed by atoms with Crippen molar-refractivity contribution in [3.63, 3.8) is 0 Å². The van der Waals surface area contributed by atoms with Crippen molar-refractivity contribution in [2.75, 3.05) is 0 Å². The zero-order valence-electron chi connectivity index (χ0n) is 8.21. The van der Waals surface area contributed by atoms with Crippen LogP contribution in [-0.2, 0) is 9.59 Å². The molecule has 0 fully saturated rings. The molecule has 0 saturated heterocycles. The maximum atomic E-state index is 10.5. The molecule has 0 spiro atoms. The average molecular weight is 186 g/mol. The van der Waals surface area contributed by atoms with Crippen LogP contribution >= 0.6 is 0 Å². The largest absolute Gasteiger partial charge is 0.481 e. The molecule has 0 saturated carbocycles. The number of ketones is 1. The van der Waals surface area contributed by atoms with E-state index in [2.05, 4.69) is 0 Å². The third-order valence-corrected chi connectivity index (χ3v) is 1.92. The zero-order chi connectivity index (χ0) is 10.1. The topological polar surface area (TPSA) is 54.4 Å². The van der Waals surface area contributed by atoms with Gasteiger partial charge in [-0.05, 0) is 19.8 Å². The highest BCUT2D eigenvalue weighted by Crippen LogP contribution is 2.07. The van der Waals surface area contributed by atoms with Gasteiger partial charge in [-0.2, -0.15) is 0 Å². The zero-order valence-corrected chi connectivity index (χ0v) is 8.21. The Kier molecular flexibility index (Phi) is 7.26. The monoisotopic (exact) mass is 186 g/mol. The summed E-state index contributed by atoms with van der Waals surface area (Å²) in [5, 5.41) is 8.34. The van der Waals surface area contributed by atoms with Crippen LogP contribution < -0.4 is 0 Å². The highest BCUT2D eigenvalue weighted by Gasteiger charge is 1.97. The number of carboxylic acid groups (broad SMARTS) is 1. The molecule has 76 valence electrons. The molecule has 0 aromatic rings. The fourth-order valence-electron chi connectivity index (χ4n) is 1.18. The highest BCUT2D eigenvalue weighted by atomic mass is 16.4. The predicted octanol–water partition coefficient (Wildman–Crippen LogP) is 2.39. The Morgan fingerprint density at radius 3 is 1.85 bits per heavy atom. The molecular weight excluding hydrogens is 168 g/mol. The third-order valence-electron chi connectivity index (χ3n) is 1.92. The fraction of sp³-hybridized carbons (Fsp3) is 0.800. The molecular formula is C10H18O3. The number of carbonyl (C=O) groups excluding carboxylic acids is 1. The van der Waals surface area contributed by atoms with Gasteiger partial charge in [-0.15, -0.1) is 0 Å². The van der Waals surface area contributed by atoms with Gasteiger partial charge in [-0.25, -0.2) is 0 Å². The Hall–Kier alpha value is -0.860. The minimum absolute atomic E-state index is 0.241. The van der Waals surface area contributed by atoms with Crippen LogP contribution in [0.25, 0.3) is 0 Å². The first-order chi connectivity index (χ1) is 6.13. The van der Waals surface area contributed by atoms with Gasteiger partial charge in [0.05, 0.1) is 0 Å². The number of Topliss-reactive ketones (excluding diaryl/α,β-unsaturated/α-hetero) is 1. The van der Waals surface area contributed by atoms with E-state index in [1.54, 1.807) is 6.92 Å². The first-order valence-corrected chi connectivity index (χ1v) is 4.84. The second-order valence-corrected chi connectivity index (χ2v) is 3.36. The van der Waals surface area contributed by atoms with Crippen LogP contribution in [0.3, 0.4) is 0 Å². The highest BCUT2D eigenvalue weighted by molar-refractivity contribution is 5.75. The van der Waals surface area contributed by atoms with Gasteiger partial charge in [0.1, 0.15) is 5.78 Å². The van der Waals surface area contributed by atoms with Crippen LogP contribution in [0.2, 0.25) is 0 Å². The first kappa shape index (κ1) is 12.1. The molecule has 0 heterocycles. The summed E-state index contributed by atoms with van der Waals surface area (Å²) in [6, 6.07) is 0. The van der Waals surface area contributed by atoms with Crippen molar-refractivity contribution in [1.82, 2.24) is 0 Å². The molecule has 3 heteroatoms. The minimum atomic E-state index is -0.719. The Morgan fingerprint density at radius 1 is 0.923 bits per heavy atom. The average Bonchev–Trinajstić information content (AvgIpc) is 2.01. The number of aliphatic carboxylic acids is 1. The summed E-state index contributed by atoms with van der Waals surface area (Å²) in [5.74, 6) is -0.478. The summed E-state index contributed by atoms with van der Waals surface area (Å²) < 4.78 is 0. The third kappa shape index (κ3) is 11.1. The summed E-state index contributed by atoms with van der Waals surface area (Å²) in [6.45, 7) is 1.60. The summed E-state index contributed by atoms with van der Waals surface area (Å²) in [7, 11) is 0. The lowest BCUT2D eigenvalue weighted by atomic mass is 10.1. The quantitative estimate of drug-likeness (QED) is 0.592. The molecule has 0 aliphatic carbocycles.